The standard InChI is InChI=1S/C17H23N/c1-7-16(11-9-14(3)4)13-18-17(8-2)12-10-15(5)6/h7-13H,3,5H2,1-2,4,6H3/b11-9-,12-10-,16-7+,17-8+,18-13?. The summed E-state index contributed by atoms with van der Waals surface area (Å²) in [5.41, 5.74) is 4.01. The second-order valence-corrected chi connectivity index (χ2v) is 4.12. The van der Waals surface area contributed by atoms with Gasteiger partial charge in [0.2, 0.25) is 0 Å². The van der Waals surface area contributed by atoms with Crippen molar-refractivity contribution >= 4 is 6.21 Å². The van der Waals surface area contributed by atoms with E-state index in [0.717, 1.165) is 22.4 Å². The van der Waals surface area contributed by atoms with Gasteiger partial charge in [-0.2, -0.15) is 0 Å². The first-order chi connectivity index (χ1) is 8.49. The smallest absolute Gasteiger partial charge is 0.0587 e. The van der Waals surface area contributed by atoms with Crippen LogP contribution in [0.2, 0.25) is 0 Å². The van der Waals surface area contributed by atoms with E-state index in [0.29, 0.717) is 0 Å². The first kappa shape index (κ1) is 16.1. The molecule has 0 aliphatic rings. The van der Waals surface area contributed by atoms with Crippen LogP contribution in [0.1, 0.15) is 27.7 Å². The van der Waals surface area contributed by atoms with E-state index in [9.17, 15) is 0 Å². The molecule has 0 aliphatic heterocycles. The molecule has 0 rings (SSSR count). The van der Waals surface area contributed by atoms with Crippen molar-refractivity contribution in [3.05, 3.63) is 72.0 Å². The second kappa shape index (κ2) is 9.17. The Kier molecular flexibility index (Phi) is 8.21. The molecule has 0 N–H and O–H groups in total. The Balaban J connectivity index is 4.78. The zero-order valence-electron chi connectivity index (χ0n) is 11.9. The van der Waals surface area contributed by atoms with E-state index in [1.807, 2.05) is 70.4 Å². The van der Waals surface area contributed by atoms with E-state index in [2.05, 4.69) is 18.2 Å². The van der Waals surface area contributed by atoms with Crippen molar-refractivity contribution in [1.82, 2.24) is 0 Å². The maximum atomic E-state index is 4.42. The van der Waals surface area contributed by atoms with Gasteiger partial charge in [-0.1, -0.05) is 54.7 Å². The molecular formula is C17H23N. The van der Waals surface area contributed by atoms with E-state index >= 15 is 0 Å². The van der Waals surface area contributed by atoms with Crippen LogP contribution in [0.4, 0.5) is 0 Å². The summed E-state index contributed by atoms with van der Waals surface area (Å²) in [6.45, 7) is 15.5. The molecule has 0 bridgehead atoms. The van der Waals surface area contributed by atoms with Crippen LogP contribution in [0.25, 0.3) is 0 Å². The van der Waals surface area contributed by atoms with Crippen molar-refractivity contribution in [2.45, 2.75) is 27.7 Å². The Hall–Kier alpha value is -1.89. The third-order valence-electron chi connectivity index (χ3n) is 2.09. The van der Waals surface area contributed by atoms with Gasteiger partial charge in [-0.3, -0.25) is 4.99 Å². The van der Waals surface area contributed by atoms with Gasteiger partial charge < -0.3 is 0 Å². The molecule has 96 valence electrons. The van der Waals surface area contributed by atoms with E-state index in [1.165, 1.54) is 0 Å². The highest BCUT2D eigenvalue weighted by atomic mass is 14.7. The lowest BCUT2D eigenvalue weighted by molar-refractivity contribution is 1.38. The summed E-state index contributed by atoms with van der Waals surface area (Å²) in [6, 6.07) is 0. The number of rotatable bonds is 6. The molecule has 0 fully saturated rings. The Labute approximate surface area is 111 Å². The number of hydrogen-bond acceptors (Lipinski definition) is 1. The maximum absolute atomic E-state index is 4.42. The van der Waals surface area contributed by atoms with Crippen LogP contribution in [0.5, 0.6) is 0 Å². The minimum Gasteiger partial charge on any atom is -0.257 e. The van der Waals surface area contributed by atoms with Crippen molar-refractivity contribution in [3.8, 4) is 0 Å². The molecule has 0 aromatic heterocycles. The number of allylic oxidation sites excluding steroid dienone is 9. The average molecular weight is 241 g/mol. The van der Waals surface area contributed by atoms with Crippen molar-refractivity contribution in [1.29, 1.82) is 0 Å². The van der Waals surface area contributed by atoms with Crippen molar-refractivity contribution in [2.75, 3.05) is 0 Å². The molecule has 0 aromatic carbocycles. The summed E-state index contributed by atoms with van der Waals surface area (Å²) in [4.78, 5) is 4.42. The molecule has 0 saturated heterocycles. The topological polar surface area (TPSA) is 12.4 Å². The fraction of sp³-hybridized carbons (Fsp3) is 0.235. The first-order valence-electron chi connectivity index (χ1n) is 6.03. The molecule has 0 heterocycles. The van der Waals surface area contributed by atoms with E-state index in [4.69, 9.17) is 0 Å². The lowest BCUT2D eigenvalue weighted by atomic mass is 10.2. The molecule has 1 nitrogen and oxygen atoms in total. The minimum absolute atomic E-state index is 0.918. The lowest BCUT2D eigenvalue weighted by Crippen LogP contribution is -1.81. The van der Waals surface area contributed by atoms with Gasteiger partial charge >= 0.3 is 0 Å². The highest BCUT2D eigenvalue weighted by Crippen LogP contribution is 2.04. The molecule has 18 heavy (non-hydrogen) atoms. The van der Waals surface area contributed by atoms with Crippen molar-refractivity contribution in [2.24, 2.45) is 4.99 Å². The zero-order valence-corrected chi connectivity index (χ0v) is 11.9. The van der Waals surface area contributed by atoms with Crippen LogP contribution in [-0.2, 0) is 0 Å². The van der Waals surface area contributed by atoms with Gasteiger partial charge in [0.15, 0.2) is 0 Å². The highest BCUT2D eigenvalue weighted by molar-refractivity contribution is 5.83. The molecule has 0 atom stereocenters. The van der Waals surface area contributed by atoms with E-state index < -0.39 is 0 Å². The van der Waals surface area contributed by atoms with Gasteiger partial charge in [0, 0.05) is 6.21 Å². The summed E-state index contributed by atoms with van der Waals surface area (Å²) in [5.74, 6) is 0. The van der Waals surface area contributed by atoms with Crippen LogP contribution in [0.15, 0.2) is 77.0 Å². The summed E-state index contributed by atoms with van der Waals surface area (Å²) in [7, 11) is 0. The van der Waals surface area contributed by atoms with Crippen LogP contribution in [0, 0.1) is 0 Å². The molecule has 1 heteroatoms. The number of hydrogen-bond donors (Lipinski definition) is 0. The molecule has 0 radical (unpaired) electrons. The Morgan fingerprint density at radius 1 is 0.833 bits per heavy atom. The SMILES string of the molecule is C=C(C)/C=C\C(C=NC(/C=C\C(=C)C)=C/C)=C/C. The van der Waals surface area contributed by atoms with Crippen LogP contribution in [-0.4, -0.2) is 6.21 Å². The summed E-state index contributed by atoms with van der Waals surface area (Å²) in [5, 5.41) is 0. The fourth-order valence-electron chi connectivity index (χ4n) is 1.04. The van der Waals surface area contributed by atoms with Gasteiger partial charge in [0.05, 0.1) is 5.70 Å². The van der Waals surface area contributed by atoms with Gasteiger partial charge in [-0.25, -0.2) is 0 Å². The van der Waals surface area contributed by atoms with Crippen LogP contribution in [0.3, 0.4) is 0 Å². The van der Waals surface area contributed by atoms with E-state index in [1.54, 1.807) is 0 Å². The molecule has 0 spiro atoms. The quantitative estimate of drug-likeness (QED) is 0.449. The predicted molar refractivity (Wildman–Crippen MR) is 83.9 cm³/mol. The first-order valence-corrected chi connectivity index (χ1v) is 6.03. The zero-order chi connectivity index (χ0) is 14.0. The normalized spacial score (nSPS) is 14.0. The van der Waals surface area contributed by atoms with Crippen molar-refractivity contribution < 1.29 is 0 Å². The monoisotopic (exact) mass is 241 g/mol. The molecule has 0 aromatic rings. The molecule has 0 aliphatic carbocycles. The van der Waals surface area contributed by atoms with Crippen LogP contribution < -0.4 is 0 Å². The van der Waals surface area contributed by atoms with Crippen molar-refractivity contribution in [3.63, 3.8) is 0 Å². The molecule has 0 unspecified atom stereocenters. The third-order valence-corrected chi connectivity index (χ3v) is 2.09. The van der Waals surface area contributed by atoms with Crippen LogP contribution >= 0.6 is 0 Å². The minimum atomic E-state index is 0.918. The van der Waals surface area contributed by atoms with Gasteiger partial charge in [-0.05, 0) is 39.3 Å². The lowest BCUT2D eigenvalue weighted by Gasteiger charge is -1.95. The summed E-state index contributed by atoms with van der Waals surface area (Å²) >= 11 is 0. The predicted octanol–water partition coefficient (Wildman–Crippen LogP) is 5.17. The van der Waals surface area contributed by atoms with E-state index in [-0.39, 0.29) is 0 Å². The Bertz CT molecular complexity index is 398. The Morgan fingerprint density at radius 2 is 1.39 bits per heavy atom. The number of aliphatic imine (C=N–C) groups is 1. The van der Waals surface area contributed by atoms with Gasteiger partial charge in [-0.15, -0.1) is 0 Å². The third kappa shape index (κ3) is 8.28. The molecule has 0 amide bonds. The fourth-order valence-corrected chi connectivity index (χ4v) is 1.04. The summed E-state index contributed by atoms with van der Waals surface area (Å²) in [6.07, 6.45) is 13.7. The Morgan fingerprint density at radius 3 is 1.83 bits per heavy atom. The van der Waals surface area contributed by atoms with Gasteiger partial charge in [0.25, 0.3) is 0 Å². The summed E-state index contributed by atoms with van der Waals surface area (Å²) < 4.78 is 0. The van der Waals surface area contributed by atoms with Gasteiger partial charge in [0.1, 0.15) is 0 Å². The molecular weight excluding hydrogens is 218 g/mol. The molecule has 0 saturated carbocycles. The average Bonchev–Trinajstić information content (AvgIpc) is 2.32. The highest BCUT2D eigenvalue weighted by Gasteiger charge is 1.88. The maximum Gasteiger partial charge on any atom is 0.0587 e. The largest absolute Gasteiger partial charge is 0.257 e. The second-order valence-electron chi connectivity index (χ2n) is 4.12. The number of nitrogens with zero attached hydrogens (tertiary/aromatic N) is 1.